The molecule has 0 saturated heterocycles. The largest absolute Gasteiger partial charge is 0.392 e. The molecular weight excluding hydrogens is 342 g/mol. The van der Waals surface area contributed by atoms with Gasteiger partial charge in [-0.15, -0.1) is 0 Å². The molecule has 0 aromatic heterocycles. The number of hydrogen-bond donors (Lipinski definition) is 1. The first-order chi connectivity index (χ1) is 9.20. The quantitative estimate of drug-likeness (QED) is 0.844. The van der Waals surface area contributed by atoms with Gasteiger partial charge in [0, 0.05) is 17.1 Å². The number of sulfonamides is 1. The van der Waals surface area contributed by atoms with Crippen LogP contribution in [-0.2, 0) is 16.6 Å². The van der Waals surface area contributed by atoms with E-state index >= 15 is 0 Å². The van der Waals surface area contributed by atoms with Crippen molar-refractivity contribution in [3.8, 4) is 0 Å². The van der Waals surface area contributed by atoms with Gasteiger partial charge < -0.3 is 5.11 Å². The number of aliphatic hydroxyl groups is 1. The zero-order chi connectivity index (χ0) is 15.5. The van der Waals surface area contributed by atoms with Gasteiger partial charge in [0.25, 0.3) is 0 Å². The third-order valence-electron chi connectivity index (χ3n) is 2.89. The summed E-state index contributed by atoms with van der Waals surface area (Å²) in [5.74, 6) is 0.252. The van der Waals surface area contributed by atoms with Crippen LogP contribution in [0, 0.1) is 5.92 Å². The SMILES string of the molecule is CC(C)CN(C(C)C)S(=O)(=O)c1ccc(CO)cc1Br. The van der Waals surface area contributed by atoms with Crippen molar-refractivity contribution in [2.24, 2.45) is 5.92 Å². The van der Waals surface area contributed by atoms with E-state index in [-0.39, 0.29) is 23.5 Å². The van der Waals surface area contributed by atoms with Gasteiger partial charge in [-0.25, -0.2) is 8.42 Å². The molecule has 0 atom stereocenters. The summed E-state index contributed by atoms with van der Waals surface area (Å²) in [5, 5.41) is 9.09. The molecule has 0 radical (unpaired) electrons. The Morgan fingerprint density at radius 3 is 2.25 bits per heavy atom. The smallest absolute Gasteiger partial charge is 0.244 e. The molecule has 1 aromatic rings. The van der Waals surface area contributed by atoms with Crippen molar-refractivity contribution in [3.05, 3.63) is 28.2 Å². The highest BCUT2D eigenvalue weighted by Crippen LogP contribution is 2.28. The average Bonchev–Trinajstić information content (AvgIpc) is 2.34. The highest BCUT2D eigenvalue weighted by molar-refractivity contribution is 9.10. The number of aliphatic hydroxyl groups excluding tert-OH is 1. The molecule has 0 saturated carbocycles. The van der Waals surface area contributed by atoms with E-state index in [1.165, 1.54) is 4.31 Å². The summed E-state index contributed by atoms with van der Waals surface area (Å²) in [4.78, 5) is 0.240. The highest BCUT2D eigenvalue weighted by atomic mass is 79.9. The zero-order valence-electron chi connectivity index (χ0n) is 12.3. The third-order valence-corrected chi connectivity index (χ3v) is 5.91. The van der Waals surface area contributed by atoms with Gasteiger partial charge in [-0.2, -0.15) is 4.31 Å². The fraction of sp³-hybridized carbons (Fsp3) is 0.571. The van der Waals surface area contributed by atoms with Gasteiger partial charge in [-0.3, -0.25) is 0 Å². The molecule has 0 bridgehead atoms. The summed E-state index contributed by atoms with van der Waals surface area (Å²) in [6.45, 7) is 8.10. The lowest BCUT2D eigenvalue weighted by molar-refractivity contribution is 0.281. The van der Waals surface area contributed by atoms with Gasteiger partial charge in [0.2, 0.25) is 10.0 Å². The van der Waals surface area contributed by atoms with Crippen molar-refractivity contribution in [2.75, 3.05) is 6.54 Å². The lowest BCUT2D eigenvalue weighted by atomic mass is 10.2. The maximum Gasteiger partial charge on any atom is 0.244 e. The Morgan fingerprint density at radius 1 is 1.25 bits per heavy atom. The number of nitrogens with zero attached hydrogens (tertiary/aromatic N) is 1. The van der Waals surface area contributed by atoms with Crippen LogP contribution < -0.4 is 0 Å². The molecule has 0 unspecified atom stereocenters. The normalized spacial score (nSPS) is 12.7. The standard InChI is InChI=1S/C14H22BrNO3S/c1-10(2)8-16(11(3)4)20(18,19)14-6-5-12(9-17)7-13(14)15/h5-7,10-11,17H,8-9H2,1-4H3. The van der Waals surface area contributed by atoms with Crippen LogP contribution in [0.3, 0.4) is 0 Å². The molecular formula is C14H22BrNO3S. The lowest BCUT2D eigenvalue weighted by Crippen LogP contribution is -2.39. The molecule has 0 spiro atoms. The third kappa shape index (κ3) is 4.04. The van der Waals surface area contributed by atoms with Crippen LogP contribution in [0.5, 0.6) is 0 Å². The van der Waals surface area contributed by atoms with E-state index in [1.807, 2.05) is 27.7 Å². The zero-order valence-corrected chi connectivity index (χ0v) is 14.7. The van der Waals surface area contributed by atoms with E-state index < -0.39 is 10.0 Å². The molecule has 0 aliphatic heterocycles. The van der Waals surface area contributed by atoms with Crippen molar-refractivity contribution in [2.45, 2.75) is 45.2 Å². The van der Waals surface area contributed by atoms with Crippen molar-refractivity contribution in [1.29, 1.82) is 0 Å². The fourth-order valence-corrected chi connectivity index (χ4v) is 4.81. The number of halogens is 1. The second kappa shape index (κ2) is 7.02. The topological polar surface area (TPSA) is 57.6 Å². The monoisotopic (exact) mass is 363 g/mol. The van der Waals surface area contributed by atoms with Crippen molar-refractivity contribution >= 4 is 26.0 Å². The van der Waals surface area contributed by atoms with E-state index in [0.717, 1.165) is 0 Å². The van der Waals surface area contributed by atoms with Crippen molar-refractivity contribution < 1.29 is 13.5 Å². The predicted octanol–water partition coefficient (Wildman–Crippen LogP) is 3.00. The van der Waals surface area contributed by atoms with Gasteiger partial charge in [0.1, 0.15) is 0 Å². The predicted molar refractivity (Wildman–Crippen MR) is 83.9 cm³/mol. The molecule has 1 aromatic carbocycles. The van der Waals surface area contributed by atoms with E-state index in [2.05, 4.69) is 15.9 Å². The Morgan fingerprint density at radius 2 is 1.85 bits per heavy atom. The molecule has 0 fully saturated rings. The highest BCUT2D eigenvalue weighted by Gasteiger charge is 2.29. The summed E-state index contributed by atoms with van der Waals surface area (Å²) >= 11 is 3.29. The molecule has 20 heavy (non-hydrogen) atoms. The second-order valence-electron chi connectivity index (χ2n) is 5.49. The Labute approximate surface area is 130 Å². The molecule has 1 rings (SSSR count). The molecule has 0 aliphatic rings. The van der Waals surface area contributed by atoms with Gasteiger partial charge in [0.15, 0.2) is 0 Å². The number of hydrogen-bond acceptors (Lipinski definition) is 3. The van der Waals surface area contributed by atoms with Crippen LogP contribution in [-0.4, -0.2) is 30.4 Å². The lowest BCUT2D eigenvalue weighted by Gasteiger charge is -2.28. The second-order valence-corrected chi connectivity index (χ2v) is 8.20. The van der Waals surface area contributed by atoms with E-state index in [0.29, 0.717) is 16.6 Å². The molecule has 1 N–H and O–H groups in total. The maximum absolute atomic E-state index is 12.8. The summed E-state index contributed by atoms with van der Waals surface area (Å²) in [6.07, 6.45) is 0. The minimum atomic E-state index is -3.55. The van der Waals surface area contributed by atoms with Gasteiger partial charge in [-0.1, -0.05) is 19.9 Å². The Hall–Kier alpha value is -0.430. The van der Waals surface area contributed by atoms with Gasteiger partial charge in [-0.05, 0) is 53.4 Å². The summed E-state index contributed by atoms with van der Waals surface area (Å²) in [6, 6.07) is 4.71. The minimum absolute atomic E-state index is 0.105. The van der Waals surface area contributed by atoms with E-state index in [4.69, 9.17) is 5.11 Å². The van der Waals surface area contributed by atoms with Crippen molar-refractivity contribution in [3.63, 3.8) is 0 Å². The van der Waals surface area contributed by atoms with E-state index in [9.17, 15) is 8.42 Å². The van der Waals surface area contributed by atoms with Crippen LogP contribution in [0.25, 0.3) is 0 Å². The molecule has 0 aliphatic carbocycles. The first-order valence-corrected chi connectivity index (χ1v) is 8.84. The van der Waals surface area contributed by atoms with Gasteiger partial charge >= 0.3 is 0 Å². The summed E-state index contributed by atoms with van der Waals surface area (Å²) < 4.78 is 27.5. The van der Waals surface area contributed by atoms with Crippen LogP contribution in [0.2, 0.25) is 0 Å². The van der Waals surface area contributed by atoms with Gasteiger partial charge in [0.05, 0.1) is 11.5 Å². The average molecular weight is 364 g/mol. The summed E-state index contributed by atoms with van der Waals surface area (Å²) in [7, 11) is -3.55. The summed E-state index contributed by atoms with van der Waals surface area (Å²) in [5.41, 5.74) is 0.677. The molecule has 0 amide bonds. The Kier molecular flexibility index (Phi) is 6.19. The number of benzene rings is 1. The minimum Gasteiger partial charge on any atom is -0.392 e. The first kappa shape index (κ1) is 17.6. The van der Waals surface area contributed by atoms with Crippen LogP contribution >= 0.6 is 15.9 Å². The molecule has 0 heterocycles. The Bertz CT molecular complexity index is 556. The maximum atomic E-state index is 12.8. The number of rotatable bonds is 6. The van der Waals surface area contributed by atoms with Crippen molar-refractivity contribution in [1.82, 2.24) is 4.31 Å². The molecule has 114 valence electrons. The van der Waals surface area contributed by atoms with Crippen LogP contribution in [0.15, 0.2) is 27.6 Å². The first-order valence-electron chi connectivity index (χ1n) is 6.61. The molecule has 4 nitrogen and oxygen atoms in total. The van der Waals surface area contributed by atoms with E-state index in [1.54, 1.807) is 18.2 Å². The Balaban J connectivity index is 3.26. The van der Waals surface area contributed by atoms with Crippen LogP contribution in [0.4, 0.5) is 0 Å². The van der Waals surface area contributed by atoms with Crippen LogP contribution in [0.1, 0.15) is 33.3 Å². The fourth-order valence-electron chi connectivity index (χ4n) is 1.92. The molecule has 6 heteroatoms.